The first-order chi connectivity index (χ1) is 10.6. The minimum Gasteiger partial charge on any atom is -0.463 e. The van der Waals surface area contributed by atoms with Crippen molar-refractivity contribution in [2.45, 2.75) is 13.0 Å². The second kappa shape index (κ2) is 7.80. The molecular weight excluding hydrogens is 342 g/mol. The summed E-state index contributed by atoms with van der Waals surface area (Å²) in [5.74, 6) is -0.393. The van der Waals surface area contributed by atoms with E-state index in [0.717, 1.165) is 15.7 Å². The van der Waals surface area contributed by atoms with Crippen molar-refractivity contribution in [2.75, 3.05) is 11.9 Å². The molecule has 1 atom stereocenters. The summed E-state index contributed by atoms with van der Waals surface area (Å²) in [4.78, 5) is 12.1. The first-order valence-corrected chi connectivity index (χ1v) is 7.84. The van der Waals surface area contributed by atoms with Crippen molar-refractivity contribution in [3.8, 4) is 0 Å². The zero-order chi connectivity index (χ0) is 15.9. The van der Waals surface area contributed by atoms with Gasteiger partial charge in [-0.1, -0.05) is 49.0 Å². The predicted octanol–water partition coefficient (Wildman–Crippen LogP) is 4.72. The van der Waals surface area contributed by atoms with E-state index in [1.807, 2.05) is 54.6 Å². The average Bonchev–Trinajstić information content (AvgIpc) is 2.54. The molecule has 4 heteroatoms. The normalized spacial score (nSPS) is 11.5. The van der Waals surface area contributed by atoms with Gasteiger partial charge in [0.25, 0.3) is 0 Å². The zero-order valence-corrected chi connectivity index (χ0v) is 14.0. The van der Waals surface area contributed by atoms with E-state index in [9.17, 15) is 4.79 Å². The Morgan fingerprint density at radius 1 is 1.18 bits per heavy atom. The molecule has 0 heterocycles. The molecule has 114 valence electrons. The number of anilines is 1. The fourth-order valence-corrected chi connectivity index (χ4v) is 2.49. The Kier molecular flexibility index (Phi) is 5.78. The maximum absolute atomic E-state index is 12.1. The van der Waals surface area contributed by atoms with Gasteiger partial charge in [0.15, 0.2) is 0 Å². The topological polar surface area (TPSA) is 38.3 Å². The van der Waals surface area contributed by atoms with Crippen LogP contribution in [-0.4, -0.2) is 12.6 Å². The molecular formula is C18H18BrNO2. The molecule has 0 saturated heterocycles. The SMILES string of the molecule is C=C(C(=O)OCC)[C@@H](Nc1ccccc1Br)c1ccccc1. The molecule has 3 nitrogen and oxygen atoms in total. The summed E-state index contributed by atoms with van der Waals surface area (Å²) in [6.07, 6.45) is 0. The quantitative estimate of drug-likeness (QED) is 0.598. The zero-order valence-electron chi connectivity index (χ0n) is 12.4. The molecule has 0 amide bonds. The van der Waals surface area contributed by atoms with Gasteiger partial charge in [-0.2, -0.15) is 0 Å². The van der Waals surface area contributed by atoms with E-state index in [-0.39, 0.29) is 6.04 Å². The van der Waals surface area contributed by atoms with Crippen molar-refractivity contribution < 1.29 is 9.53 Å². The first-order valence-electron chi connectivity index (χ1n) is 7.05. The molecule has 0 spiro atoms. The Balaban J connectivity index is 2.32. The van der Waals surface area contributed by atoms with Crippen LogP contribution in [0.4, 0.5) is 5.69 Å². The lowest BCUT2D eigenvalue weighted by Gasteiger charge is -2.22. The largest absolute Gasteiger partial charge is 0.463 e. The lowest BCUT2D eigenvalue weighted by Crippen LogP contribution is -2.20. The van der Waals surface area contributed by atoms with E-state index in [0.29, 0.717) is 12.2 Å². The number of nitrogens with one attached hydrogen (secondary N) is 1. The van der Waals surface area contributed by atoms with E-state index in [2.05, 4.69) is 27.8 Å². The molecule has 0 aromatic heterocycles. The molecule has 2 aromatic rings. The summed E-state index contributed by atoms with van der Waals surface area (Å²) in [6.45, 7) is 6.03. The van der Waals surface area contributed by atoms with Crippen molar-refractivity contribution in [1.29, 1.82) is 0 Å². The molecule has 0 aliphatic carbocycles. The van der Waals surface area contributed by atoms with Gasteiger partial charge in [0.1, 0.15) is 0 Å². The number of halogens is 1. The molecule has 0 fully saturated rings. The minimum atomic E-state index is -0.393. The summed E-state index contributed by atoms with van der Waals surface area (Å²) >= 11 is 3.51. The number of rotatable bonds is 6. The number of para-hydroxylation sites is 1. The first kappa shape index (κ1) is 16.3. The van der Waals surface area contributed by atoms with Gasteiger partial charge in [-0.05, 0) is 40.5 Å². The number of hydrogen-bond donors (Lipinski definition) is 1. The van der Waals surface area contributed by atoms with Gasteiger partial charge in [0.05, 0.1) is 18.2 Å². The van der Waals surface area contributed by atoms with Crippen molar-refractivity contribution in [3.63, 3.8) is 0 Å². The third-order valence-corrected chi connectivity index (χ3v) is 3.88. The van der Waals surface area contributed by atoms with Crippen LogP contribution in [0, 0.1) is 0 Å². The van der Waals surface area contributed by atoms with Crippen LogP contribution in [-0.2, 0) is 9.53 Å². The second-order valence-electron chi connectivity index (χ2n) is 4.71. The van der Waals surface area contributed by atoms with Gasteiger partial charge < -0.3 is 10.1 Å². The minimum absolute atomic E-state index is 0.328. The average molecular weight is 360 g/mol. The van der Waals surface area contributed by atoms with E-state index in [4.69, 9.17) is 4.74 Å². The van der Waals surface area contributed by atoms with Gasteiger partial charge in [0.2, 0.25) is 0 Å². The highest BCUT2D eigenvalue weighted by molar-refractivity contribution is 9.10. The van der Waals surface area contributed by atoms with Gasteiger partial charge >= 0.3 is 5.97 Å². The van der Waals surface area contributed by atoms with Crippen LogP contribution in [0.2, 0.25) is 0 Å². The lowest BCUT2D eigenvalue weighted by molar-refractivity contribution is -0.138. The summed E-state index contributed by atoms with van der Waals surface area (Å²) in [5, 5.41) is 3.36. The molecule has 22 heavy (non-hydrogen) atoms. The molecule has 2 aromatic carbocycles. The number of hydrogen-bond acceptors (Lipinski definition) is 3. The molecule has 0 unspecified atom stereocenters. The van der Waals surface area contributed by atoms with Gasteiger partial charge in [-0.3, -0.25) is 0 Å². The molecule has 0 aliphatic heterocycles. The highest BCUT2D eigenvalue weighted by atomic mass is 79.9. The Morgan fingerprint density at radius 2 is 1.82 bits per heavy atom. The third-order valence-electron chi connectivity index (χ3n) is 3.19. The Labute approximate surface area is 139 Å². The van der Waals surface area contributed by atoms with Crippen LogP contribution < -0.4 is 5.32 Å². The molecule has 0 saturated carbocycles. The fourth-order valence-electron chi connectivity index (χ4n) is 2.09. The van der Waals surface area contributed by atoms with Crippen molar-refractivity contribution >= 4 is 27.6 Å². The number of carbonyl (C=O) groups is 1. The van der Waals surface area contributed by atoms with Crippen molar-refractivity contribution in [1.82, 2.24) is 0 Å². The summed E-state index contributed by atoms with van der Waals surface area (Å²) in [6, 6.07) is 17.1. The van der Waals surface area contributed by atoms with Crippen LogP contribution in [0.1, 0.15) is 18.5 Å². The summed E-state index contributed by atoms with van der Waals surface area (Å²) in [7, 11) is 0. The molecule has 0 radical (unpaired) electrons. The van der Waals surface area contributed by atoms with E-state index in [1.165, 1.54) is 0 Å². The second-order valence-corrected chi connectivity index (χ2v) is 5.57. The lowest BCUT2D eigenvalue weighted by atomic mass is 9.99. The monoisotopic (exact) mass is 359 g/mol. The van der Waals surface area contributed by atoms with Crippen molar-refractivity contribution in [3.05, 3.63) is 76.8 Å². The van der Waals surface area contributed by atoms with Crippen LogP contribution in [0.15, 0.2) is 71.2 Å². The standard InChI is InChI=1S/C18H18BrNO2/c1-3-22-18(21)13(2)17(14-9-5-4-6-10-14)20-16-12-8-7-11-15(16)19/h4-12,17,20H,2-3H2,1H3/t17-/m1/s1. The van der Waals surface area contributed by atoms with Crippen LogP contribution in [0.25, 0.3) is 0 Å². The maximum atomic E-state index is 12.1. The fraction of sp³-hybridized carbons (Fsp3) is 0.167. The molecule has 1 N–H and O–H groups in total. The van der Waals surface area contributed by atoms with Gasteiger partial charge in [-0.15, -0.1) is 0 Å². The number of esters is 1. The molecule has 2 rings (SSSR count). The summed E-state index contributed by atoms with van der Waals surface area (Å²) < 4.78 is 6.01. The maximum Gasteiger partial charge on any atom is 0.335 e. The summed E-state index contributed by atoms with van der Waals surface area (Å²) in [5.41, 5.74) is 2.22. The van der Waals surface area contributed by atoms with E-state index < -0.39 is 5.97 Å². The predicted molar refractivity (Wildman–Crippen MR) is 92.7 cm³/mol. The van der Waals surface area contributed by atoms with Gasteiger partial charge in [-0.25, -0.2) is 4.79 Å². The molecule has 0 bridgehead atoms. The highest BCUT2D eigenvalue weighted by Gasteiger charge is 2.22. The Bertz CT molecular complexity index is 655. The molecule has 0 aliphatic rings. The number of benzene rings is 2. The smallest absolute Gasteiger partial charge is 0.335 e. The van der Waals surface area contributed by atoms with Gasteiger partial charge in [0, 0.05) is 10.2 Å². The van der Waals surface area contributed by atoms with Crippen molar-refractivity contribution in [2.24, 2.45) is 0 Å². The highest BCUT2D eigenvalue weighted by Crippen LogP contribution is 2.30. The van der Waals surface area contributed by atoms with Crippen LogP contribution in [0.5, 0.6) is 0 Å². The Hall–Kier alpha value is -2.07. The van der Waals surface area contributed by atoms with Crippen LogP contribution in [0.3, 0.4) is 0 Å². The van der Waals surface area contributed by atoms with E-state index in [1.54, 1.807) is 6.92 Å². The number of ether oxygens (including phenoxy) is 1. The van der Waals surface area contributed by atoms with E-state index >= 15 is 0 Å². The Morgan fingerprint density at radius 3 is 2.45 bits per heavy atom. The number of carbonyl (C=O) groups excluding carboxylic acids is 1. The third kappa shape index (κ3) is 3.98. The van der Waals surface area contributed by atoms with Crippen LogP contribution >= 0.6 is 15.9 Å².